The molecule has 0 aliphatic carbocycles. The highest BCUT2D eigenvalue weighted by molar-refractivity contribution is 5.75. The van der Waals surface area contributed by atoms with E-state index in [1.807, 2.05) is 0 Å². The molecule has 0 aromatic carbocycles. The molecular formula is C5H13AlO2. The van der Waals surface area contributed by atoms with Crippen molar-refractivity contribution in [2.24, 2.45) is 0 Å². The van der Waals surface area contributed by atoms with Gasteiger partial charge >= 0.3 is 5.97 Å². The van der Waals surface area contributed by atoms with Gasteiger partial charge in [-0.25, -0.2) is 0 Å². The lowest BCUT2D eigenvalue weighted by Gasteiger charge is -1.93. The molecule has 48 valence electrons. The predicted molar refractivity (Wildman–Crippen MR) is 36.9 cm³/mol. The van der Waals surface area contributed by atoms with Gasteiger partial charge in [0.05, 0.1) is 6.61 Å². The van der Waals surface area contributed by atoms with Crippen LogP contribution >= 0.6 is 0 Å². The van der Waals surface area contributed by atoms with E-state index in [9.17, 15) is 4.79 Å². The van der Waals surface area contributed by atoms with Crippen LogP contribution < -0.4 is 0 Å². The molecule has 3 heteroatoms. The monoisotopic (exact) mass is 132 g/mol. The van der Waals surface area contributed by atoms with E-state index in [0.29, 0.717) is 13.0 Å². The summed E-state index contributed by atoms with van der Waals surface area (Å²) in [6, 6.07) is 0. The first kappa shape index (κ1) is 10.9. The van der Waals surface area contributed by atoms with Crippen LogP contribution in [0.25, 0.3) is 0 Å². The third-order valence-electron chi connectivity index (χ3n) is 0.594. The normalized spacial score (nSPS) is 7.25. The minimum absolute atomic E-state index is 0. The zero-order valence-electron chi connectivity index (χ0n) is 4.73. The molecule has 0 spiro atoms. The summed E-state index contributed by atoms with van der Waals surface area (Å²) in [6.07, 6.45) is 0.480. The first-order valence-corrected chi connectivity index (χ1v) is 2.46. The quantitative estimate of drug-likeness (QED) is 0.383. The van der Waals surface area contributed by atoms with E-state index >= 15 is 0 Å². The standard InChI is InChI=1S/C5H10O2.Al.3H/c1-3-5(6)7-4-2;;;;/h3-4H2,1-2H3;;;;. The van der Waals surface area contributed by atoms with Gasteiger partial charge in [-0.1, -0.05) is 6.92 Å². The first-order chi connectivity index (χ1) is 3.31. The van der Waals surface area contributed by atoms with Crippen molar-refractivity contribution >= 4 is 23.3 Å². The maximum absolute atomic E-state index is 10.2. The topological polar surface area (TPSA) is 26.3 Å². The molecular weight excluding hydrogens is 119 g/mol. The van der Waals surface area contributed by atoms with E-state index in [2.05, 4.69) is 4.74 Å². The Morgan fingerprint density at radius 1 is 1.50 bits per heavy atom. The Balaban J connectivity index is 0. The van der Waals surface area contributed by atoms with Gasteiger partial charge in [-0.05, 0) is 6.92 Å². The third-order valence-corrected chi connectivity index (χ3v) is 0.594. The van der Waals surface area contributed by atoms with E-state index in [4.69, 9.17) is 0 Å². The minimum atomic E-state index is -0.123. The minimum Gasteiger partial charge on any atom is -0.466 e. The maximum atomic E-state index is 10.2. The van der Waals surface area contributed by atoms with Crippen LogP contribution in [-0.2, 0) is 9.53 Å². The molecule has 0 radical (unpaired) electrons. The Labute approximate surface area is 60.3 Å². The Hall–Kier alpha value is 0.00247. The van der Waals surface area contributed by atoms with Crippen molar-refractivity contribution in [3.8, 4) is 0 Å². The number of carbonyl (C=O) groups is 1. The van der Waals surface area contributed by atoms with E-state index in [1.165, 1.54) is 0 Å². The number of rotatable bonds is 2. The van der Waals surface area contributed by atoms with Gasteiger partial charge in [-0.2, -0.15) is 0 Å². The number of hydrogen-bond donors (Lipinski definition) is 0. The highest BCUT2D eigenvalue weighted by atomic mass is 27.0. The fourth-order valence-electron chi connectivity index (χ4n) is 0.263. The Morgan fingerprint density at radius 3 is 2.12 bits per heavy atom. The van der Waals surface area contributed by atoms with Crippen molar-refractivity contribution in [1.29, 1.82) is 0 Å². The number of ether oxygens (including phenoxy) is 1. The summed E-state index contributed by atoms with van der Waals surface area (Å²) < 4.78 is 4.55. The van der Waals surface area contributed by atoms with Gasteiger partial charge in [0.25, 0.3) is 0 Å². The highest BCUT2D eigenvalue weighted by Crippen LogP contribution is 1.80. The molecule has 8 heavy (non-hydrogen) atoms. The molecule has 0 heterocycles. The molecule has 0 saturated carbocycles. The summed E-state index contributed by atoms with van der Waals surface area (Å²) in [7, 11) is 0. The van der Waals surface area contributed by atoms with Crippen LogP contribution in [0.4, 0.5) is 0 Å². The van der Waals surface area contributed by atoms with E-state index < -0.39 is 0 Å². The average molecular weight is 132 g/mol. The van der Waals surface area contributed by atoms with Crippen molar-refractivity contribution < 1.29 is 9.53 Å². The van der Waals surface area contributed by atoms with Crippen LogP contribution in [0.3, 0.4) is 0 Å². The fraction of sp³-hybridized carbons (Fsp3) is 0.800. The van der Waals surface area contributed by atoms with Crippen molar-refractivity contribution in [3.05, 3.63) is 0 Å². The van der Waals surface area contributed by atoms with Gasteiger partial charge in [0.15, 0.2) is 17.4 Å². The average Bonchev–Trinajstić information content (AvgIpc) is 1.68. The van der Waals surface area contributed by atoms with Crippen molar-refractivity contribution in [1.82, 2.24) is 0 Å². The second-order valence-electron chi connectivity index (χ2n) is 1.16. The Kier molecular flexibility index (Phi) is 9.53. The van der Waals surface area contributed by atoms with Crippen LogP contribution in [-0.4, -0.2) is 29.9 Å². The zero-order chi connectivity index (χ0) is 5.70. The maximum Gasteiger partial charge on any atom is 0.305 e. The molecule has 0 saturated heterocycles. The van der Waals surface area contributed by atoms with Gasteiger partial charge in [-0.3, -0.25) is 4.79 Å². The lowest BCUT2D eigenvalue weighted by atomic mass is 10.5. The van der Waals surface area contributed by atoms with Gasteiger partial charge in [0.1, 0.15) is 0 Å². The lowest BCUT2D eigenvalue weighted by Crippen LogP contribution is -2.00. The second-order valence-corrected chi connectivity index (χ2v) is 1.16. The molecule has 0 unspecified atom stereocenters. The molecule has 0 aliphatic heterocycles. The summed E-state index contributed by atoms with van der Waals surface area (Å²) in [6.45, 7) is 4.07. The summed E-state index contributed by atoms with van der Waals surface area (Å²) in [5.74, 6) is -0.123. The molecule has 2 nitrogen and oxygen atoms in total. The molecule has 0 aromatic rings. The third kappa shape index (κ3) is 6.00. The van der Waals surface area contributed by atoms with Gasteiger partial charge in [0.2, 0.25) is 0 Å². The molecule has 0 aliphatic rings. The smallest absolute Gasteiger partial charge is 0.305 e. The molecule has 0 N–H and O–H groups in total. The molecule has 0 atom stereocenters. The van der Waals surface area contributed by atoms with E-state index in [1.54, 1.807) is 13.8 Å². The summed E-state index contributed by atoms with van der Waals surface area (Å²) in [5, 5.41) is 0. The van der Waals surface area contributed by atoms with Crippen LogP contribution in [0.5, 0.6) is 0 Å². The molecule has 0 aromatic heterocycles. The van der Waals surface area contributed by atoms with E-state index in [0.717, 1.165) is 0 Å². The van der Waals surface area contributed by atoms with Crippen LogP contribution in [0.1, 0.15) is 20.3 Å². The van der Waals surface area contributed by atoms with Crippen molar-refractivity contribution in [2.45, 2.75) is 20.3 Å². The summed E-state index contributed by atoms with van der Waals surface area (Å²) in [4.78, 5) is 10.2. The van der Waals surface area contributed by atoms with Crippen molar-refractivity contribution in [2.75, 3.05) is 6.61 Å². The summed E-state index contributed by atoms with van der Waals surface area (Å²) >= 11 is 0. The zero-order valence-corrected chi connectivity index (χ0v) is 4.73. The SMILES string of the molecule is CCOC(=O)CC.[AlH3]. The molecule has 0 amide bonds. The highest BCUT2D eigenvalue weighted by Gasteiger charge is 1.91. The molecule has 0 fully saturated rings. The van der Waals surface area contributed by atoms with Gasteiger partial charge < -0.3 is 4.74 Å². The second kappa shape index (κ2) is 7.00. The Morgan fingerprint density at radius 2 is 2.00 bits per heavy atom. The van der Waals surface area contributed by atoms with Crippen LogP contribution in [0.2, 0.25) is 0 Å². The van der Waals surface area contributed by atoms with Crippen molar-refractivity contribution in [3.63, 3.8) is 0 Å². The number of esters is 1. The lowest BCUT2D eigenvalue weighted by molar-refractivity contribution is -0.142. The molecule has 0 bridgehead atoms. The first-order valence-electron chi connectivity index (χ1n) is 2.46. The Bertz CT molecular complexity index is 63.4. The number of carbonyl (C=O) groups excluding carboxylic acids is 1. The predicted octanol–water partition coefficient (Wildman–Crippen LogP) is -0.224. The molecule has 0 rings (SSSR count). The van der Waals surface area contributed by atoms with Crippen LogP contribution in [0.15, 0.2) is 0 Å². The largest absolute Gasteiger partial charge is 0.466 e. The van der Waals surface area contributed by atoms with Gasteiger partial charge in [-0.15, -0.1) is 0 Å². The number of hydrogen-bond acceptors (Lipinski definition) is 2. The fourth-order valence-corrected chi connectivity index (χ4v) is 0.263. The summed E-state index contributed by atoms with van der Waals surface area (Å²) in [5.41, 5.74) is 0. The van der Waals surface area contributed by atoms with Gasteiger partial charge in [0, 0.05) is 6.42 Å². The van der Waals surface area contributed by atoms with Crippen LogP contribution in [0, 0.1) is 0 Å². The van der Waals surface area contributed by atoms with E-state index in [-0.39, 0.29) is 23.3 Å².